The number of benzene rings is 1. The second-order valence-electron chi connectivity index (χ2n) is 5.28. The Morgan fingerprint density at radius 3 is 2.52 bits per heavy atom. The summed E-state index contributed by atoms with van der Waals surface area (Å²) in [5, 5.41) is 0. The Kier molecular flexibility index (Phi) is 5.86. The molecule has 5 nitrogen and oxygen atoms in total. The Morgan fingerprint density at radius 2 is 1.91 bits per heavy atom. The summed E-state index contributed by atoms with van der Waals surface area (Å²) in [7, 11) is 1.34. The number of rotatable bonds is 6. The zero-order valence-electron chi connectivity index (χ0n) is 13.4. The third-order valence-corrected chi connectivity index (χ3v) is 3.50. The minimum Gasteiger partial charge on any atom is -0.469 e. The van der Waals surface area contributed by atoms with Gasteiger partial charge in [-0.3, -0.25) is 14.6 Å². The highest BCUT2D eigenvalue weighted by molar-refractivity contribution is 5.94. The van der Waals surface area contributed by atoms with Crippen LogP contribution >= 0.6 is 0 Å². The van der Waals surface area contributed by atoms with Crippen molar-refractivity contribution in [2.75, 3.05) is 13.7 Å². The molecule has 0 N–H and O–H groups in total. The number of nitrogens with zero attached hydrogens (tertiary/aromatic N) is 2. The number of esters is 1. The smallest absolute Gasteiger partial charge is 0.307 e. The van der Waals surface area contributed by atoms with Crippen LogP contribution in [0.3, 0.4) is 0 Å². The van der Waals surface area contributed by atoms with Gasteiger partial charge < -0.3 is 9.64 Å². The van der Waals surface area contributed by atoms with Gasteiger partial charge in [0.15, 0.2) is 0 Å². The van der Waals surface area contributed by atoms with E-state index >= 15 is 0 Å². The van der Waals surface area contributed by atoms with Crippen LogP contribution in [0, 0.1) is 6.92 Å². The quantitative estimate of drug-likeness (QED) is 0.769. The number of carbonyl (C=O) groups is 2. The highest BCUT2D eigenvalue weighted by Gasteiger charge is 2.17. The van der Waals surface area contributed by atoms with Gasteiger partial charge in [0, 0.05) is 25.5 Å². The lowest BCUT2D eigenvalue weighted by atomic mass is 10.1. The van der Waals surface area contributed by atoms with Gasteiger partial charge in [-0.25, -0.2) is 0 Å². The van der Waals surface area contributed by atoms with E-state index in [0.717, 1.165) is 11.1 Å². The summed E-state index contributed by atoms with van der Waals surface area (Å²) in [5.41, 5.74) is 2.68. The minimum absolute atomic E-state index is 0.150. The lowest BCUT2D eigenvalue weighted by Gasteiger charge is -2.22. The Hall–Kier alpha value is -2.69. The van der Waals surface area contributed by atoms with Gasteiger partial charge in [0.05, 0.1) is 19.1 Å². The fourth-order valence-electron chi connectivity index (χ4n) is 2.17. The third kappa shape index (κ3) is 4.92. The summed E-state index contributed by atoms with van der Waals surface area (Å²) >= 11 is 0. The molecule has 0 aliphatic heterocycles. The Labute approximate surface area is 135 Å². The van der Waals surface area contributed by atoms with E-state index in [1.807, 2.05) is 31.2 Å². The number of ether oxygens (including phenoxy) is 1. The maximum Gasteiger partial charge on any atom is 0.307 e. The van der Waals surface area contributed by atoms with Crippen LogP contribution in [0.5, 0.6) is 0 Å². The standard InChI is InChI=1S/C18H20N2O3/c1-14-5-7-15(8-6-14)13-20(11-9-17(21)23-2)18(22)16-4-3-10-19-12-16/h3-8,10,12H,9,11,13H2,1-2H3. The summed E-state index contributed by atoms with van der Waals surface area (Å²) in [4.78, 5) is 29.7. The first kappa shape index (κ1) is 16.7. The predicted molar refractivity (Wildman–Crippen MR) is 86.8 cm³/mol. The van der Waals surface area contributed by atoms with E-state index in [0.29, 0.717) is 18.7 Å². The molecule has 5 heteroatoms. The Bertz CT molecular complexity index is 654. The molecule has 0 aliphatic rings. The van der Waals surface area contributed by atoms with Gasteiger partial charge in [0.2, 0.25) is 0 Å². The summed E-state index contributed by atoms with van der Waals surface area (Å²) in [6, 6.07) is 11.4. The van der Waals surface area contributed by atoms with Crippen LogP contribution in [0.25, 0.3) is 0 Å². The lowest BCUT2D eigenvalue weighted by molar-refractivity contribution is -0.140. The Balaban J connectivity index is 2.15. The molecule has 2 aromatic rings. The zero-order chi connectivity index (χ0) is 16.7. The van der Waals surface area contributed by atoms with E-state index < -0.39 is 0 Å². The van der Waals surface area contributed by atoms with Crippen LogP contribution in [0.1, 0.15) is 27.9 Å². The number of carbonyl (C=O) groups excluding carboxylic acids is 2. The van der Waals surface area contributed by atoms with Crippen molar-refractivity contribution >= 4 is 11.9 Å². The van der Waals surface area contributed by atoms with Gasteiger partial charge in [0.1, 0.15) is 0 Å². The molecule has 0 aliphatic carbocycles. The van der Waals surface area contributed by atoms with Crippen molar-refractivity contribution in [3.63, 3.8) is 0 Å². The second-order valence-corrected chi connectivity index (χ2v) is 5.28. The molecule has 0 radical (unpaired) electrons. The first-order chi connectivity index (χ1) is 11.1. The van der Waals surface area contributed by atoms with E-state index in [1.165, 1.54) is 13.3 Å². The number of aromatic nitrogens is 1. The number of hydrogen-bond acceptors (Lipinski definition) is 4. The fraction of sp³-hybridized carbons (Fsp3) is 0.278. The summed E-state index contributed by atoms with van der Waals surface area (Å²) in [6.45, 7) is 2.75. The molecule has 0 spiro atoms. The number of amides is 1. The molecule has 2 rings (SSSR count). The topological polar surface area (TPSA) is 59.5 Å². The van der Waals surface area contributed by atoms with Gasteiger partial charge in [0.25, 0.3) is 5.91 Å². The van der Waals surface area contributed by atoms with Crippen LogP contribution in [0.4, 0.5) is 0 Å². The van der Waals surface area contributed by atoms with E-state index in [2.05, 4.69) is 9.72 Å². The maximum atomic E-state index is 12.7. The highest BCUT2D eigenvalue weighted by Crippen LogP contribution is 2.11. The summed E-state index contributed by atoms with van der Waals surface area (Å²) in [5.74, 6) is -0.486. The van der Waals surface area contributed by atoms with Crippen LogP contribution in [0.2, 0.25) is 0 Å². The molecule has 0 fully saturated rings. The van der Waals surface area contributed by atoms with Crippen molar-refractivity contribution in [3.8, 4) is 0 Å². The van der Waals surface area contributed by atoms with Crippen molar-refractivity contribution in [1.82, 2.24) is 9.88 Å². The van der Waals surface area contributed by atoms with Gasteiger partial charge in [-0.05, 0) is 24.6 Å². The lowest BCUT2D eigenvalue weighted by Crippen LogP contribution is -2.32. The first-order valence-corrected chi connectivity index (χ1v) is 7.42. The largest absolute Gasteiger partial charge is 0.469 e. The summed E-state index contributed by atoms with van der Waals surface area (Å²) in [6.07, 6.45) is 3.31. The molecular weight excluding hydrogens is 292 g/mol. The average Bonchev–Trinajstić information content (AvgIpc) is 2.60. The number of aryl methyl sites for hydroxylation is 1. The maximum absolute atomic E-state index is 12.7. The molecular formula is C18H20N2O3. The van der Waals surface area contributed by atoms with Crippen molar-refractivity contribution < 1.29 is 14.3 Å². The van der Waals surface area contributed by atoms with Crippen molar-refractivity contribution in [3.05, 3.63) is 65.5 Å². The molecule has 1 aromatic carbocycles. The molecule has 23 heavy (non-hydrogen) atoms. The van der Waals surface area contributed by atoms with Gasteiger partial charge >= 0.3 is 5.97 Å². The highest BCUT2D eigenvalue weighted by atomic mass is 16.5. The molecule has 0 bridgehead atoms. The summed E-state index contributed by atoms with van der Waals surface area (Å²) < 4.78 is 4.66. The number of hydrogen-bond donors (Lipinski definition) is 0. The first-order valence-electron chi connectivity index (χ1n) is 7.42. The molecule has 0 saturated heterocycles. The van der Waals surface area contributed by atoms with E-state index in [-0.39, 0.29) is 18.3 Å². The molecule has 1 aromatic heterocycles. The number of methoxy groups -OCH3 is 1. The van der Waals surface area contributed by atoms with Crippen LogP contribution < -0.4 is 0 Å². The minimum atomic E-state index is -0.335. The molecule has 0 saturated carbocycles. The monoisotopic (exact) mass is 312 g/mol. The van der Waals surface area contributed by atoms with Crippen molar-refractivity contribution in [2.45, 2.75) is 19.9 Å². The Morgan fingerprint density at radius 1 is 1.17 bits per heavy atom. The molecule has 120 valence electrons. The van der Waals surface area contributed by atoms with Crippen LogP contribution in [-0.4, -0.2) is 35.4 Å². The van der Waals surface area contributed by atoms with Gasteiger partial charge in [-0.1, -0.05) is 29.8 Å². The van der Waals surface area contributed by atoms with E-state index in [1.54, 1.807) is 23.2 Å². The normalized spacial score (nSPS) is 10.2. The average molecular weight is 312 g/mol. The zero-order valence-corrected chi connectivity index (χ0v) is 13.4. The molecule has 0 unspecified atom stereocenters. The predicted octanol–water partition coefficient (Wildman–Crippen LogP) is 2.60. The van der Waals surface area contributed by atoms with Crippen molar-refractivity contribution in [2.24, 2.45) is 0 Å². The molecule has 1 heterocycles. The third-order valence-electron chi connectivity index (χ3n) is 3.50. The van der Waals surface area contributed by atoms with Gasteiger partial charge in [-0.15, -0.1) is 0 Å². The van der Waals surface area contributed by atoms with E-state index in [9.17, 15) is 9.59 Å². The van der Waals surface area contributed by atoms with Gasteiger partial charge in [-0.2, -0.15) is 0 Å². The number of pyridine rings is 1. The SMILES string of the molecule is COC(=O)CCN(Cc1ccc(C)cc1)C(=O)c1cccnc1. The van der Waals surface area contributed by atoms with Crippen LogP contribution in [0.15, 0.2) is 48.8 Å². The van der Waals surface area contributed by atoms with E-state index in [4.69, 9.17) is 0 Å². The molecule has 1 amide bonds. The van der Waals surface area contributed by atoms with Crippen molar-refractivity contribution in [1.29, 1.82) is 0 Å². The van der Waals surface area contributed by atoms with Crippen LogP contribution in [-0.2, 0) is 16.1 Å². The fourth-order valence-corrected chi connectivity index (χ4v) is 2.17. The second kappa shape index (κ2) is 8.08. The molecule has 0 atom stereocenters.